The standard InChI is InChI=1S/C30H31N3O6/c1-20(35)29(26(36)19-34)33-30(38)23-13-9-21(10-14-23)7-8-22-11-15-25(16-12-22)32-28(37)18-31-17-24-5-3-4-6-27(24)39-2/h3-6,9-16,20,29,31,34-35H,17-19H2,1-2H3,(H,32,37)(H,33,38)/t20-,29+/m1/s1. The number of Topliss-reactive ketones (excluding diaryl/α,β-unsaturated/α-hetero) is 1. The van der Waals surface area contributed by atoms with E-state index in [-0.39, 0.29) is 18.0 Å². The van der Waals surface area contributed by atoms with Crippen LogP contribution in [0.1, 0.15) is 34.0 Å². The largest absolute Gasteiger partial charge is 0.496 e. The molecule has 202 valence electrons. The average molecular weight is 530 g/mol. The first-order valence-corrected chi connectivity index (χ1v) is 12.3. The number of para-hydroxylation sites is 1. The van der Waals surface area contributed by atoms with Gasteiger partial charge >= 0.3 is 0 Å². The number of benzene rings is 3. The van der Waals surface area contributed by atoms with Crippen molar-refractivity contribution >= 4 is 23.3 Å². The molecule has 0 saturated heterocycles. The van der Waals surface area contributed by atoms with E-state index in [4.69, 9.17) is 9.84 Å². The van der Waals surface area contributed by atoms with Gasteiger partial charge in [0.1, 0.15) is 18.4 Å². The zero-order valence-corrected chi connectivity index (χ0v) is 21.7. The summed E-state index contributed by atoms with van der Waals surface area (Å²) in [7, 11) is 1.61. The molecule has 9 heteroatoms. The highest BCUT2D eigenvalue weighted by Crippen LogP contribution is 2.16. The predicted molar refractivity (Wildman–Crippen MR) is 147 cm³/mol. The van der Waals surface area contributed by atoms with Gasteiger partial charge in [0.2, 0.25) is 5.91 Å². The lowest BCUT2D eigenvalue weighted by Gasteiger charge is -2.19. The molecule has 0 spiro atoms. The molecule has 0 aromatic heterocycles. The Labute approximate surface area is 227 Å². The Morgan fingerprint density at radius 1 is 0.923 bits per heavy atom. The second-order valence-corrected chi connectivity index (χ2v) is 8.68. The van der Waals surface area contributed by atoms with Gasteiger partial charge < -0.3 is 30.9 Å². The summed E-state index contributed by atoms with van der Waals surface area (Å²) in [5, 5.41) is 27.1. The molecule has 0 aliphatic rings. The molecule has 0 saturated carbocycles. The Bertz CT molecular complexity index is 1340. The van der Waals surface area contributed by atoms with Crippen LogP contribution in [0.5, 0.6) is 5.75 Å². The van der Waals surface area contributed by atoms with E-state index in [1.165, 1.54) is 6.92 Å². The van der Waals surface area contributed by atoms with Crippen molar-refractivity contribution in [3.63, 3.8) is 0 Å². The SMILES string of the molecule is COc1ccccc1CNCC(=O)Nc1ccc(C#Cc2ccc(C(=O)N[C@H](C(=O)CO)[C@@H](C)O)cc2)cc1. The Balaban J connectivity index is 1.50. The van der Waals surface area contributed by atoms with Crippen LogP contribution in [0.2, 0.25) is 0 Å². The minimum absolute atomic E-state index is 0.144. The minimum Gasteiger partial charge on any atom is -0.496 e. The number of hydrogen-bond acceptors (Lipinski definition) is 7. The molecule has 3 aromatic rings. The number of hydrogen-bond donors (Lipinski definition) is 5. The fourth-order valence-electron chi connectivity index (χ4n) is 3.64. The summed E-state index contributed by atoms with van der Waals surface area (Å²) in [6.45, 7) is 1.23. The fraction of sp³-hybridized carbons (Fsp3) is 0.233. The number of carbonyl (C=O) groups is 3. The number of nitrogens with one attached hydrogen (secondary N) is 3. The van der Waals surface area contributed by atoms with Crippen LogP contribution < -0.4 is 20.7 Å². The maximum absolute atomic E-state index is 12.4. The fourth-order valence-corrected chi connectivity index (χ4v) is 3.64. The molecule has 0 aliphatic heterocycles. The number of ketones is 1. The highest BCUT2D eigenvalue weighted by Gasteiger charge is 2.25. The normalized spacial score (nSPS) is 11.9. The summed E-state index contributed by atoms with van der Waals surface area (Å²) in [6, 6.07) is 20.0. The third kappa shape index (κ3) is 8.79. The van der Waals surface area contributed by atoms with Crippen LogP contribution in [0.15, 0.2) is 72.8 Å². The smallest absolute Gasteiger partial charge is 0.251 e. The third-order valence-corrected chi connectivity index (χ3v) is 5.73. The molecule has 3 rings (SSSR count). The number of rotatable bonds is 11. The van der Waals surface area contributed by atoms with Gasteiger partial charge in [0.05, 0.1) is 19.8 Å². The van der Waals surface area contributed by atoms with Crippen molar-refractivity contribution in [2.45, 2.75) is 25.6 Å². The van der Waals surface area contributed by atoms with Crippen LogP contribution in [0, 0.1) is 11.8 Å². The summed E-state index contributed by atoms with van der Waals surface area (Å²) >= 11 is 0. The van der Waals surface area contributed by atoms with Gasteiger partial charge in [0.25, 0.3) is 5.91 Å². The average Bonchev–Trinajstić information content (AvgIpc) is 2.95. The molecule has 0 bridgehead atoms. The van der Waals surface area contributed by atoms with Crippen molar-refractivity contribution in [1.82, 2.24) is 10.6 Å². The van der Waals surface area contributed by atoms with Crippen molar-refractivity contribution in [2.75, 3.05) is 25.6 Å². The van der Waals surface area contributed by atoms with E-state index in [1.54, 1.807) is 55.6 Å². The first kappa shape index (κ1) is 29.1. The van der Waals surface area contributed by atoms with Crippen molar-refractivity contribution in [3.8, 4) is 17.6 Å². The molecule has 5 N–H and O–H groups in total. The number of aliphatic hydroxyl groups excluding tert-OH is 2. The summed E-state index contributed by atoms with van der Waals surface area (Å²) in [5.74, 6) is 5.41. The lowest BCUT2D eigenvalue weighted by atomic mass is 10.1. The summed E-state index contributed by atoms with van der Waals surface area (Å²) in [4.78, 5) is 36.4. The van der Waals surface area contributed by atoms with Crippen molar-refractivity contribution < 1.29 is 29.3 Å². The predicted octanol–water partition coefficient (Wildman–Crippen LogP) is 1.86. The first-order chi connectivity index (χ1) is 18.8. The zero-order chi connectivity index (χ0) is 28.2. The lowest BCUT2D eigenvalue weighted by molar-refractivity contribution is -0.125. The van der Waals surface area contributed by atoms with Gasteiger partial charge in [-0.3, -0.25) is 14.4 Å². The Kier molecular flexibility index (Phi) is 10.8. The molecule has 0 unspecified atom stereocenters. The van der Waals surface area contributed by atoms with Gasteiger partial charge in [-0.05, 0) is 61.5 Å². The molecule has 3 aromatic carbocycles. The number of anilines is 1. The van der Waals surface area contributed by atoms with E-state index in [2.05, 4.69) is 27.8 Å². The molecule has 0 fully saturated rings. The maximum atomic E-state index is 12.4. The summed E-state index contributed by atoms with van der Waals surface area (Å²) < 4.78 is 5.31. The van der Waals surface area contributed by atoms with Gasteiger partial charge in [-0.1, -0.05) is 30.0 Å². The highest BCUT2D eigenvalue weighted by molar-refractivity contribution is 5.98. The van der Waals surface area contributed by atoms with Crippen LogP contribution in [0.25, 0.3) is 0 Å². The van der Waals surface area contributed by atoms with Gasteiger partial charge in [0, 0.05) is 34.5 Å². The van der Waals surface area contributed by atoms with E-state index in [0.717, 1.165) is 16.9 Å². The molecule has 9 nitrogen and oxygen atoms in total. The molecular formula is C30H31N3O6. The molecular weight excluding hydrogens is 498 g/mol. The number of aliphatic hydroxyl groups is 2. The first-order valence-electron chi connectivity index (χ1n) is 12.3. The quantitative estimate of drug-likeness (QED) is 0.239. The molecule has 39 heavy (non-hydrogen) atoms. The van der Waals surface area contributed by atoms with Gasteiger partial charge in [-0.2, -0.15) is 0 Å². The Morgan fingerprint density at radius 3 is 2.13 bits per heavy atom. The Hall–Kier alpha value is -4.49. The van der Waals surface area contributed by atoms with Crippen molar-refractivity contribution in [3.05, 3.63) is 95.1 Å². The van der Waals surface area contributed by atoms with Gasteiger partial charge in [0.15, 0.2) is 5.78 Å². The third-order valence-electron chi connectivity index (χ3n) is 5.73. The molecule has 2 atom stereocenters. The molecule has 0 radical (unpaired) electrons. The van der Waals surface area contributed by atoms with E-state index in [1.807, 2.05) is 24.3 Å². The van der Waals surface area contributed by atoms with Crippen molar-refractivity contribution in [2.24, 2.45) is 0 Å². The van der Waals surface area contributed by atoms with Crippen LogP contribution in [0.4, 0.5) is 5.69 Å². The topological polar surface area (TPSA) is 137 Å². The monoisotopic (exact) mass is 529 g/mol. The number of methoxy groups -OCH3 is 1. The maximum Gasteiger partial charge on any atom is 0.251 e. The van der Waals surface area contributed by atoms with Gasteiger partial charge in [-0.15, -0.1) is 0 Å². The molecule has 0 heterocycles. The summed E-state index contributed by atoms with van der Waals surface area (Å²) in [6.07, 6.45) is -1.14. The zero-order valence-electron chi connectivity index (χ0n) is 21.7. The lowest BCUT2D eigenvalue weighted by Crippen LogP contribution is -2.48. The van der Waals surface area contributed by atoms with E-state index < -0.39 is 30.4 Å². The van der Waals surface area contributed by atoms with Crippen molar-refractivity contribution in [1.29, 1.82) is 0 Å². The van der Waals surface area contributed by atoms with Crippen LogP contribution in [-0.4, -0.2) is 60.2 Å². The van der Waals surface area contributed by atoms with E-state index >= 15 is 0 Å². The van der Waals surface area contributed by atoms with E-state index in [0.29, 0.717) is 17.8 Å². The molecule has 0 aliphatic carbocycles. The van der Waals surface area contributed by atoms with Gasteiger partial charge in [-0.25, -0.2) is 0 Å². The second kappa shape index (κ2) is 14.4. The number of ether oxygens (including phenoxy) is 1. The minimum atomic E-state index is -1.19. The van der Waals surface area contributed by atoms with Crippen LogP contribution in [-0.2, 0) is 16.1 Å². The second-order valence-electron chi connectivity index (χ2n) is 8.68. The van der Waals surface area contributed by atoms with E-state index in [9.17, 15) is 19.5 Å². The summed E-state index contributed by atoms with van der Waals surface area (Å²) in [5.41, 5.74) is 3.31. The van der Waals surface area contributed by atoms with Crippen LogP contribution in [0.3, 0.4) is 0 Å². The number of carbonyl (C=O) groups excluding carboxylic acids is 3. The number of amides is 2. The molecule has 2 amide bonds. The highest BCUT2D eigenvalue weighted by atomic mass is 16.5. The Morgan fingerprint density at radius 2 is 1.54 bits per heavy atom. The van der Waals surface area contributed by atoms with Crippen LogP contribution >= 0.6 is 0 Å².